The molecule has 7 heteroatoms. The molecule has 1 saturated heterocycles. The maximum atomic E-state index is 12.8. The zero-order chi connectivity index (χ0) is 21.2. The number of rotatable bonds is 4. The lowest BCUT2D eigenvalue weighted by Gasteiger charge is -2.29. The van der Waals surface area contributed by atoms with Crippen molar-refractivity contribution in [3.05, 3.63) is 53.0 Å². The summed E-state index contributed by atoms with van der Waals surface area (Å²) in [5, 5.41) is 3.88. The van der Waals surface area contributed by atoms with Crippen molar-refractivity contribution in [3.8, 4) is 0 Å². The molecule has 1 saturated carbocycles. The minimum atomic E-state index is -0.0133. The number of halogens is 1. The number of oxazole rings is 1. The number of anilines is 1. The van der Waals surface area contributed by atoms with E-state index in [9.17, 15) is 4.79 Å². The van der Waals surface area contributed by atoms with Gasteiger partial charge in [-0.05, 0) is 75.3 Å². The molecular weight excluding hydrogens is 412 g/mol. The van der Waals surface area contributed by atoms with Crippen molar-refractivity contribution in [2.75, 3.05) is 18.0 Å². The van der Waals surface area contributed by atoms with Crippen molar-refractivity contribution in [1.82, 2.24) is 15.3 Å². The lowest BCUT2D eigenvalue weighted by Crippen LogP contribution is -2.37. The quantitative estimate of drug-likeness (QED) is 0.596. The van der Waals surface area contributed by atoms with E-state index in [1.807, 2.05) is 24.3 Å². The molecule has 0 bridgehead atoms. The molecule has 0 spiro atoms. The number of nitrogens with zero attached hydrogens (tertiary/aromatic N) is 3. The number of benzene rings is 1. The Morgan fingerprint density at radius 2 is 1.87 bits per heavy atom. The molecular formula is C24H27ClN4O2. The van der Waals surface area contributed by atoms with Crippen LogP contribution in [0.25, 0.3) is 11.1 Å². The average molecular weight is 439 g/mol. The fourth-order valence-electron chi connectivity index (χ4n) is 4.70. The summed E-state index contributed by atoms with van der Waals surface area (Å²) < 4.78 is 5.95. The predicted octanol–water partition coefficient (Wildman–Crippen LogP) is 5.32. The van der Waals surface area contributed by atoms with Crippen LogP contribution in [0.2, 0.25) is 5.02 Å². The first-order valence-corrected chi connectivity index (χ1v) is 11.6. The number of carbonyl (C=O) groups excluding carboxylic acids is 1. The van der Waals surface area contributed by atoms with Gasteiger partial charge in [0.05, 0.1) is 0 Å². The average Bonchev–Trinajstić information content (AvgIpc) is 3.23. The molecule has 0 unspecified atom stereocenters. The third-order valence-corrected chi connectivity index (χ3v) is 6.70. The van der Waals surface area contributed by atoms with Gasteiger partial charge in [-0.1, -0.05) is 11.6 Å². The second-order valence-corrected chi connectivity index (χ2v) is 9.07. The molecule has 1 aliphatic carbocycles. The summed E-state index contributed by atoms with van der Waals surface area (Å²) in [6.45, 7) is 2.04. The molecule has 1 amide bonds. The Morgan fingerprint density at radius 3 is 2.68 bits per heavy atom. The fourth-order valence-corrected chi connectivity index (χ4v) is 4.87. The summed E-state index contributed by atoms with van der Waals surface area (Å²) in [5.41, 5.74) is 2.27. The van der Waals surface area contributed by atoms with E-state index in [2.05, 4.69) is 20.2 Å². The number of aromatic nitrogens is 2. The molecule has 0 atom stereocenters. The molecule has 2 fully saturated rings. The molecule has 0 radical (unpaired) electrons. The summed E-state index contributed by atoms with van der Waals surface area (Å²) in [7, 11) is 0. The smallest absolute Gasteiger partial charge is 0.251 e. The van der Waals surface area contributed by atoms with Crippen molar-refractivity contribution in [3.63, 3.8) is 0 Å². The molecule has 3 heterocycles. The van der Waals surface area contributed by atoms with Gasteiger partial charge in [-0.2, -0.15) is 0 Å². The standard InChI is InChI=1S/C24H27ClN4O2/c25-18-6-9-21-20(15-18)28-24(31-21)16-4-7-19(8-5-16)27-23(30)17-10-11-26-22(14-17)29-12-2-1-3-13-29/h6,9-11,14-16,19H,1-5,7-8,12-13H2,(H,27,30). The van der Waals surface area contributed by atoms with Crippen molar-refractivity contribution < 1.29 is 9.21 Å². The first-order valence-electron chi connectivity index (χ1n) is 11.2. The molecule has 2 aliphatic rings. The first kappa shape index (κ1) is 20.3. The van der Waals surface area contributed by atoms with Gasteiger partial charge in [-0.25, -0.2) is 9.97 Å². The number of carbonyl (C=O) groups is 1. The maximum Gasteiger partial charge on any atom is 0.251 e. The third kappa shape index (κ3) is 4.54. The van der Waals surface area contributed by atoms with Crippen LogP contribution in [0.3, 0.4) is 0 Å². The summed E-state index contributed by atoms with van der Waals surface area (Å²) >= 11 is 6.06. The van der Waals surface area contributed by atoms with Crippen LogP contribution in [0.15, 0.2) is 40.9 Å². The predicted molar refractivity (Wildman–Crippen MR) is 122 cm³/mol. The summed E-state index contributed by atoms with van der Waals surface area (Å²) in [4.78, 5) is 24.2. The van der Waals surface area contributed by atoms with E-state index in [-0.39, 0.29) is 17.9 Å². The highest BCUT2D eigenvalue weighted by molar-refractivity contribution is 6.31. The summed E-state index contributed by atoms with van der Waals surface area (Å²) in [5.74, 6) is 1.96. The van der Waals surface area contributed by atoms with Gasteiger partial charge in [0.15, 0.2) is 11.5 Å². The van der Waals surface area contributed by atoms with Crippen LogP contribution in [-0.2, 0) is 0 Å². The maximum absolute atomic E-state index is 12.8. The molecule has 6 nitrogen and oxygen atoms in total. The fraction of sp³-hybridized carbons (Fsp3) is 0.458. The third-order valence-electron chi connectivity index (χ3n) is 6.47. The van der Waals surface area contributed by atoms with E-state index < -0.39 is 0 Å². The lowest BCUT2D eigenvalue weighted by molar-refractivity contribution is 0.0925. The van der Waals surface area contributed by atoms with E-state index in [1.54, 1.807) is 12.3 Å². The number of fused-ring (bicyclic) bond motifs is 1. The van der Waals surface area contributed by atoms with Gasteiger partial charge >= 0.3 is 0 Å². The Hall–Kier alpha value is -2.60. The molecule has 1 aromatic carbocycles. The van der Waals surface area contributed by atoms with E-state index in [0.29, 0.717) is 10.6 Å². The van der Waals surface area contributed by atoms with Crippen LogP contribution in [0, 0.1) is 0 Å². The highest BCUT2D eigenvalue weighted by atomic mass is 35.5. The van der Waals surface area contributed by atoms with Crippen LogP contribution in [-0.4, -0.2) is 35.0 Å². The van der Waals surface area contributed by atoms with E-state index >= 15 is 0 Å². The molecule has 1 aliphatic heterocycles. The summed E-state index contributed by atoms with van der Waals surface area (Å²) in [6.07, 6.45) is 9.12. The number of piperidine rings is 1. The lowest BCUT2D eigenvalue weighted by atomic mass is 9.86. The zero-order valence-electron chi connectivity index (χ0n) is 17.5. The van der Waals surface area contributed by atoms with Gasteiger partial charge in [0.1, 0.15) is 11.3 Å². The summed E-state index contributed by atoms with van der Waals surface area (Å²) in [6, 6.07) is 9.43. The molecule has 162 valence electrons. The van der Waals surface area contributed by atoms with Crippen molar-refractivity contribution in [1.29, 1.82) is 0 Å². The highest BCUT2D eigenvalue weighted by Crippen LogP contribution is 2.34. The molecule has 31 heavy (non-hydrogen) atoms. The Bertz CT molecular complexity index is 1070. The van der Waals surface area contributed by atoms with Gasteiger partial charge in [-0.15, -0.1) is 0 Å². The Morgan fingerprint density at radius 1 is 1.06 bits per heavy atom. The molecule has 2 aromatic heterocycles. The number of hydrogen-bond donors (Lipinski definition) is 1. The number of nitrogens with one attached hydrogen (secondary N) is 1. The first-order chi connectivity index (χ1) is 15.2. The van der Waals surface area contributed by atoms with Crippen molar-refractivity contribution in [2.45, 2.75) is 56.9 Å². The largest absolute Gasteiger partial charge is 0.440 e. The van der Waals surface area contributed by atoms with Gasteiger partial charge in [0, 0.05) is 41.8 Å². The number of pyridine rings is 1. The topological polar surface area (TPSA) is 71.3 Å². The van der Waals surface area contributed by atoms with E-state index in [1.165, 1.54) is 19.3 Å². The Labute approximate surface area is 187 Å². The van der Waals surface area contributed by atoms with Gasteiger partial charge in [0.2, 0.25) is 0 Å². The number of amides is 1. The van der Waals surface area contributed by atoms with Gasteiger partial charge in [-0.3, -0.25) is 4.79 Å². The monoisotopic (exact) mass is 438 g/mol. The van der Waals surface area contributed by atoms with Gasteiger partial charge < -0.3 is 14.6 Å². The van der Waals surface area contributed by atoms with E-state index in [0.717, 1.165) is 61.6 Å². The van der Waals surface area contributed by atoms with E-state index in [4.69, 9.17) is 16.0 Å². The second kappa shape index (κ2) is 8.87. The van der Waals surface area contributed by atoms with Gasteiger partial charge in [0.25, 0.3) is 5.91 Å². The van der Waals surface area contributed by atoms with Crippen LogP contribution < -0.4 is 10.2 Å². The molecule has 3 aromatic rings. The minimum Gasteiger partial charge on any atom is -0.440 e. The molecule has 5 rings (SSSR count). The SMILES string of the molecule is O=C(NC1CCC(c2nc3cc(Cl)ccc3o2)CC1)c1ccnc(N2CCCCC2)c1. The Kier molecular flexibility index (Phi) is 5.81. The highest BCUT2D eigenvalue weighted by Gasteiger charge is 2.27. The Balaban J connectivity index is 1.19. The van der Waals surface area contributed by atoms with Crippen LogP contribution in [0.1, 0.15) is 67.1 Å². The minimum absolute atomic E-state index is 0.0133. The van der Waals surface area contributed by atoms with Crippen LogP contribution in [0.4, 0.5) is 5.82 Å². The van der Waals surface area contributed by atoms with Crippen LogP contribution >= 0.6 is 11.6 Å². The molecule has 1 N–H and O–H groups in total. The zero-order valence-corrected chi connectivity index (χ0v) is 18.3. The normalized spacial score (nSPS) is 21.9. The van der Waals surface area contributed by atoms with Crippen LogP contribution in [0.5, 0.6) is 0 Å². The van der Waals surface area contributed by atoms with Crippen molar-refractivity contribution in [2.24, 2.45) is 0 Å². The number of hydrogen-bond acceptors (Lipinski definition) is 5. The second-order valence-electron chi connectivity index (χ2n) is 8.64. The van der Waals surface area contributed by atoms with Crippen molar-refractivity contribution >= 4 is 34.4 Å².